The Morgan fingerprint density at radius 2 is 1.89 bits per heavy atom. The number of aliphatic imine (C=N–C) groups is 2. The van der Waals surface area contributed by atoms with Crippen LogP contribution in [-0.4, -0.2) is 82.7 Å². The molecule has 44 heavy (non-hydrogen) atoms. The number of anilines is 1. The predicted molar refractivity (Wildman–Crippen MR) is 160 cm³/mol. The van der Waals surface area contributed by atoms with Crippen molar-refractivity contribution in [3.8, 4) is 5.75 Å². The maximum atomic E-state index is 14.0. The number of alkyl halides is 5. The second-order valence-corrected chi connectivity index (χ2v) is 9.15. The molecule has 2 aromatic carbocycles. The van der Waals surface area contributed by atoms with Crippen LogP contribution in [0.4, 0.5) is 33.3 Å². The summed E-state index contributed by atoms with van der Waals surface area (Å²) >= 11 is 0. The third-order valence-corrected chi connectivity index (χ3v) is 6.26. The van der Waals surface area contributed by atoms with Crippen molar-refractivity contribution >= 4 is 35.7 Å². The molecular weight excluding hydrogens is 589 g/mol. The summed E-state index contributed by atoms with van der Waals surface area (Å²) in [7, 11) is 4.17. The zero-order chi connectivity index (χ0) is 32.9. The van der Waals surface area contributed by atoms with Gasteiger partial charge < -0.3 is 31.3 Å². The summed E-state index contributed by atoms with van der Waals surface area (Å²) in [5, 5.41) is 8.19. The normalized spacial score (nSPS) is 14.7. The van der Waals surface area contributed by atoms with Gasteiger partial charge >= 0.3 is 6.18 Å². The van der Waals surface area contributed by atoms with Crippen LogP contribution in [0.2, 0.25) is 0 Å². The number of methoxy groups -OCH3 is 1. The number of nitrogens with two attached hydrogens (primary N) is 1. The first kappa shape index (κ1) is 35.8. The van der Waals surface area contributed by atoms with Crippen LogP contribution in [0.1, 0.15) is 39.1 Å². The first-order valence-electron chi connectivity index (χ1n) is 13.5. The van der Waals surface area contributed by atoms with Crippen LogP contribution in [0.3, 0.4) is 0 Å². The zero-order valence-electron chi connectivity index (χ0n) is 24.6. The number of nitrogens with zero attached hydrogens (tertiary/aromatic N) is 3. The molecule has 2 aromatic rings. The molecule has 4 rings (SSSR count). The first-order chi connectivity index (χ1) is 21.0. The number of rotatable bonds is 8. The highest BCUT2D eigenvalue weighted by Gasteiger charge is 2.39. The van der Waals surface area contributed by atoms with Crippen LogP contribution in [0.25, 0.3) is 0 Å². The zero-order valence-corrected chi connectivity index (χ0v) is 24.6. The average Bonchev–Trinajstić information content (AvgIpc) is 3.68. The Morgan fingerprint density at radius 3 is 2.41 bits per heavy atom. The number of hydrogen-bond acceptors (Lipinski definition) is 7. The molecule has 2 aliphatic heterocycles. The van der Waals surface area contributed by atoms with Gasteiger partial charge in [-0.2, -0.15) is 13.2 Å². The van der Waals surface area contributed by atoms with E-state index in [-0.39, 0.29) is 34.8 Å². The van der Waals surface area contributed by atoms with Crippen molar-refractivity contribution in [2.45, 2.75) is 32.0 Å². The maximum absolute atomic E-state index is 14.0. The smallest absolute Gasteiger partial charge is 0.421 e. The second kappa shape index (κ2) is 17.1. The van der Waals surface area contributed by atoms with Crippen molar-refractivity contribution in [3.05, 3.63) is 64.9 Å². The largest absolute Gasteiger partial charge is 0.495 e. The van der Waals surface area contributed by atoms with Crippen LogP contribution in [0.15, 0.2) is 58.2 Å². The molecule has 0 saturated carbocycles. The average molecular weight is 626 g/mol. The summed E-state index contributed by atoms with van der Waals surface area (Å²) in [6.45, 7) is 4.62. The van der Waals surface area contributed by atoms with Gasteiger partial charge in [-0.05, 0) is 69.5 Å². The Hall–Kier alpha value is -4.37. The lowest BCUT2D eigenvalue weighted by Crippen LogP contribution is -2.29. The molecule has 10 nitrogen and oxygen atoms in total. The van der Waals surface area contributed by atoms with Crippen molar-refractivity contribution in [2.75, 3.05) is 46.2 Å². The predicted octanol–water partition coefficient (Wildman–Crippen LogP) is 4.51. The minimum absolute atomic E-state index is 0.0198. The van der Waals surface area contributed by atoms with Crippen LogP contribution in [0.5, 0.6) is 5.75 Å². The lowest BCUT2D eigenvalue weighted by molar-refractivity contribution is -0.0862. The van der Waals surface area contributed by atoms with Crippen LogP contribution in [0, 0.1) is 0 Å². The molecule has 1 fully saturated rings. The number of fused-ring (bicyclic) bond motifs is 1. The van der Waals surface area contributed by atoms with Gasteiger partial charge in [0, 0.05) is 25.4 Å². The third-order valence-electron chi connectivity index (χ3n) is 6.26. The molecule has 0 radical (unpaired) electrons. The van der Waals surface area contributed by atoms with Gasteiger partial charge in [0.2, 0.25) is 0 Å². The molecule has 1 saturated heterocycles. The van der Waals surface area contributed by atoms with Gasteiger partial charge in [-0.25, -0.2) is 13.8 Å². The number of halogens is 5. The number of ether oxygens (including phenoxy) is 1. The van der Waals surface area contributed by atoms with Gasteiger partial charge in [-0.15, -0.1) is 0 Å². The highest BCUT2D eigenvalue weighted by molar-refractivity contribution is 6.12. The fraction of sp³-hybridized carbons (Fsp3) is 0.379. The molecule has 0 aromatic heterocycles. The Balaban J connectivity index is 0.000000859. The number of carbonyl (C=O) groups excluding carboxylic acids is 2. The lowest BCUT2D eigenvalue weighted by Gasteiger charge is -2.18. The summed E-state index contributed by atoms with van der Waals surface area (Å²) in [5.41, 5.74) is 3.48. The Labute approximate surface area is 252 Å². The van der Waals surface area contributed by atoms with Crippen molar-refractivity contribution in [3.63, 3.8) is 0 Å². The maximum Gasteiger partial charge on any atom is 0.421 e. The topological polar surface area (TPSA) is 133 Å². The van der Waals surface area contributed by atoms with E-state index in [1.165, 1.54) is 83.5 Å². The Kier molecular flexibility index (Phi) is 13.9. The first-order valence-corrected chi connectivity index (χ1v) is 13.5. The van der Waals surface area contributed by atoms with Gasteiger partial charge in [0.05, 0.1) is 30.6 Å². The van der Waals surface area contributed by atoms with Gasteiger partial charge in [0.15, 0.2) is 0 Å². The summed E-state index contributed by atoms with van der Waals surface area (Å²) < 4.78 is 73.1. The van der Waals surface area contributed by atoms with E-state index in [9.17, 15) is 31.5 Å². The number of carbonyl (C=O) groups is 2. The molecular formula is C29H36F5N7O3. The summed E-state index contributed by atoms with van der Waals surface area (Å²) in [6.07, 6.45) is -4.51. The molecule has 0 aliphatic carbocycles. The fourth-order valence-electron chi connectivity index (χ4n) is 4.28. The molecule has 2 amide bonds. The third kappa shape index (κ3) is 9.57. The fourth-order valence-corrected chi connectivity index (χ4v) is 4.28. The molecule has 0 bridgehead atoms. The SMILES string of the molecule is C1CCNC1.C=N/C=C(\C(=Nc1cccc2c1C(=O)N(CC(F)F)C2)Nc1ccc(C(=O)NC)cc1OC)C(F)(F)F.CN. The molecule has 2 aliphatic rings. The number of nitrogens with one attached hydrogen (secondary N) is 3. The highest BCUT2D eigenvalue weighted by Crippen LogP contribution is 2.35. The Morgan fingerprint density at radius 1 is 1.20 bits per heavy atom. The molecule has 0 unspecified atom stereocenters. The van der Waals surface area contributed by atoms with Crippen LogP contribution >= 0.6 is 0 Å². The molecule has 240 valence electrons. The minimum atomic E-state index is -4.95. The van der Waals surface area contributed by atoms with E-state index >= 15 is 0 Å². The number of amidine groups is 1. The van der Waals surface area contributed by atoms with Gasteiger partial charge in [0.25, 0.3) is 18.2 Å². The molecule has 2 heterocycles. The van der Waals surface area contributed by atoms with Crippen molar-refractivity contribution in [1.29, 1.82) is 0 Å². The monoisotopic (exact) mass is 625 g/mol. The Bertz CT molecular complexity index is 1350. The number of benzene rings is 2. The summed E-state index contributed by atoms with van der Waals surface area (Å²) in [6, 6.07) is 8.25. The van der Waals surface area contributed by atoms with Gasteiger partial charge in [-0.1, -0.05) is 12.1 Å². The number of amides is 2. The van der Waals surface area contributed by atoms with E-state index in [1.807, 2.05) is 0 Å². The van der Waals surface area contributed by atoms with Crippen LogP contribution < -0.4 is 26.4 Å². The van der Waals surface area contributed by atoms with Crippen LogP contribution in [-0.2, 0) is 6.54 Å². The van der Waals surface area contributed by atoms with Gasteiger partial charge in [-0.3, -0.25) is 14.6 Å². The standard InChI is InChI=1S/C24H22F5N5O3.C4H9N.CH5N/c1-30-10-15(24(27,28)29)21(32-16-8-7-13(22(35)31-2)9-18(16)37-3)33-17-6-4-5-14-11-34(12-19(25)26)23(36)20(14)17;1-2-4-5-3-1;1-2/h4-10,19H,1,11-12H2,2-3H3,(H,31,35)(H,32,33);5H,1-4H2;2H2,1H3/b15-10+;;. The lowest BCUT2D eigenvalue weighted by atomic mass is 10.1. The van der Waals surface area contributed by atoms with Crippen molar-refractivity contribution < 1.29 is 36.3 Å². The quantitative estimate of drug-likeness (QED) is 0.194. The molecule has 0 spiro atoms. The van der Waals surface area contributed by atoms with E-state index in [4.69, 9.17) is 4.74 Å². The van der Waals surface area contributed by atoms with E-state index in [0.717, 1.165) is 4.90 Å². The highest BCUT2D eigenvalue weighted by atomic mass is 19.4. The van der Waals surface area contributed by atoms with E-state index in [2.05, 4.69) is 38.4 Å². The number of hydrogen-bond donors (Lipinski definition) is 4. The molecule has 15 heteroatoms. The molecule has 5 N–H and O–H groups in total. The minimum Gasteiger partial charge on any atom is -0.495 e. The van der Waals surface area contributed by atoms with E-state index in [0.29, 0.717) is 11.8 Å². The molecule has 0 atom stereocenters. The van der Waals surface area contributed by atoms with E-state index < -0.39 is 42.4 Å². The summed E-state index contributed by atoms with van der Waals surface area (Å²) in [5.74, 6) is -1.96. The van der Waals surface area contributed by atoms with E-state index in [1.54, 1.807) is 0 Å². The van der Waals surface area contributed by atoms with Gasteiger partial charge in [0.1, 0.15) is 17.2 Å². The second-order valence-electron chi connectivity index (χ2n) is 9.15. The summed E-state index contributed by atoms with van der Waals surface area (Å²) in [4.78, 5) is 33.0. The van der Waals surface area contributed by atoms with Crippen molar-refractivity contribution in [1.82, 2.24) is 15.5 Å². The van der Waals surface area contributed by atoms with Crippen molar-refractivity contribution in [2.24, 2.45) is 15.7 Å².